The van der Waals surface area contributed by atoms with Crippen molar-refractivity contribution in [2.24, 2.45) is 0 Å². The van der Waals surface area contributed by atoms with E-state index in [1.54, 1.807) is 11.3 Å². The number of anilines is 2. The number of hydrogen-bond acceptors (Lipinski definition) is 11. The van der Waals surface area contributed by atoms with E-state index in [-0.39, 0.29) is 12.6 Å². The molecule has 1 fully saturated rings. The number of amides is 1. The summed E-state index contributed by atoms with van der Waals surface area (Å²) in [7, 11) is 1.29. The van der Waals surface area contributed by atoms with Gasteiger partial charge in [0.25, 0.3) is 0 Å². The van der Waals surface area contributed by atoms with Crippen molar-refractivity contribution in [3.63, 3.8) is 0 Å². The van der Waals surface area contributed by atoms with Crippen LogP contribution in [-0.4, -0.2) is 82.0 Å². The Labute approximate surface area is 236 Å². The predicted molar refractivity (Wildman–Crippen MR) is 155 cm³/mol. The zero-order chi connectivity index (χ0) is 27.9. The van der Waals surface area contributed by atoms with Crippen LogP contribution in [0, 0.1) is 0 Å². The molecular formula is C27H36N8O4S. The first-order chi connectivity index (χ1) is 19.6. The van der Waals surface area contributed by atoms with Gasteiger partial charge in [-0.1, -0.05) is 25.5 Å². The van der Waals surface area contributed by atoms with Crippen molar-refractivity contribution in [1.29, 1.82) is 0 Å². The summed E-state index contributed by atoms with van der Waals surface area (Å²) in [5.74, 6) is 0.683. The van der Waals surface area contributed by atoms with Gasteiger partial charge in [-0.2, -0.15) is 10.1 Å². The molecule has 3 N–H and O–H groups in total. The van der Waals surface area contributed by atoms with E-state index >= 15 is 0 Å². The van der Waals surface area contributed by atoms with E-state index in [2.05, 4.69) is 44.6 Å². The minimum Gasteiger partial charge on any atom is -0.453 e. The Bertz CT molecular complexity index is 1430. The number of unbranched alkanes of at least 4 members (excludes halogenated alkanes) is 1. The summed E-state index contributed by atoms with van der Waals surface area (Å²) in [6, 6.07) is 4.76. The van der Waals surface area contributed by atoms with Crippen molar-refractivity contribution >= 4 is 50.4 Å². The number of hydrogen-bond donors (Lipinski definition) is 3. The summed E-state index contributed by atoms with van der Waals surface area (Å²) >= 11 is 1.65. The molecule has 4 heterocycles. The van der Waals surface area contributed by atoms with E-state index in [1.165, 1.54) is 17.4 Å². The Morgan fingerprint density at radius 2 is 2.05 bits per heavy atom. The molecule has 40 heavy (non-hydrogen) atoms. The number of methoxy groups -OCH3 is 1. The highest BCUT2D eigenvalue weighted by Crippen LogP contribution is 2.29. The van der Waals surface area contributed by atoms with E-state index < -0.39 is 6.09 Å². The second-order valence-corrected chi connectivity index (χ2v) is 10.6. The maximum absolute atomic E-state index is 11.9. The summed E-state index contributed by atoms with van der Waals surface area (Å²) in [4.78, 5) is 27.7. The highest BCUT2D eigenvalue weighted by atomic mass is 32.1. The van der Waals surface area contributed by atoms with Gasteiger partial charge in [0, 0.05) is 44.5 Å². The zero-order valence-corrected chi connectivity index (χ0v) is 23.7. The quantitative estimate of drug-likeness (QED) is 0.233. The van der Waals surface area contributed by atoms with Gasteiger partial charge in [-0.3, -0.25) is 10.00 Å². The smallest absolute Gasteiger partial charge is 0.413 e. The lowest BCUT2D eigenvalue weighted by atomic mass is 10.1. The standard InChI is InChI=1S/C27H36N8O4S/c1-3-4-9-34(10-11-36)25-23-21(30-26(31-25)32-27(37)38-2)16-35(33-23)15-19-6-5-18(24-22(19)29-17-40-24)14-28-20-7-12-39-13-8-20/h5-6,16-17,20,28,36H,3-4,7-15H2,1-2H3,(H,30,32,37). The fourth-order valence-corrected chi connectivity index (χ4v) is 5.74. The fourth-order valence-electron chi connectivity index (χ4n) is 4.89. The van der Waals surface area contributed by atoms with Crippen LogP contribution < -0.4 is 15.5 Å². The molecule has 1 saturated heterocycles. The van der Waals surface area contributed by atoms with Crippen molar-refractivity contribution in [2.75, 3.05) is 50.2 Å². The summed E-state index contributed by atoms with van der Waals surface area (Å²) in [5.41, 5.74) is 6.34. The van der Waals surface area contributed by atoms with E-state index in [0.717, 1.165) is 56.5 Å². The minimum atomic E-state index is -0.655. The lowest BCUT2D eigenvalue weighted by Gasteiger charge is -2.23. The molecule has 5 rings (SSSR count). The average molecular weight is 569 g/mol. The molecule has 12 nitrogen and oxygen atoms in total. The molecule has 1 aliphatic rings. The first-order valence-corrected chi connectivity index (χ1v) is 14.6. The SMILES string of the molecule is CCCCN(CCO)c1nc(NC(=O)OC)nc2cn(Cc3ccc(CNC4CCOCC4)c4scnc34)nc12. The topological polar surface area (TPSA) is 140 Å². The number of nitrogens with zero attached hydrogens (tertiary/aromatic N) is 6. The average Bonchev–Trinajstić information content (AvgIpc) is 3.63. The lowest BCUT2D eigenvalue weighted by Crippen LogP contribution is -2.34. The molecule has 0 saturated carbocycles. The Kier molecular flexibility index (Phi) is 9.37. The van der Waals surface area contributed by atoms with Crippen molar-refractivity contribution in [1.82, 2.24) is 30.0 Å². The number of carbonyl (C=O) groups is 1. The van der Waals surface area contributed by atoms with Gasteiger partial charge in [-0.15, -0.1) is 11.3 Å². The number of aliphatic hydroxyl groups excluding tert-OH is 1. The molecular weight excluding hydrogens is 532 g/mol. The third-order valence-corrected chi connectivity index (χ3v) is 7.93. The summed E-state index contributed by atoms with van der Waals surface area (Å²) < 4.78 is 13.2. The van der Waals surface area contributed by atoms with Crippen molar-refractivity contribution in [3.05, 3.63) is 35.0 Å². The van der Waals surface area contributed by atoms with Crippen LogP contribution in [0.3, 0.4) is 0 Å². The normalized spacial score (nSPS) is 14.2. The van der Waals surface area contributed by atoms with Crippen LogP contribution in [0.25, 0.3) is 21.3 Å². The Morgan fingerprint density at radius 3 is 2.83 bits per heavy atom. The molecule has 0 bridgehead atoms. The first-order valence-electron chi connectivity index (χ1n) is 13.7. The maximum atomic E-state index is 11.9. The number of nitrogens with one attached hydrogen (secondary N) is 2. The van der Waals surface area contributed by atoms with Crippen LogP contribution in [0.4, 0.5) is 16.6 Å². The van der Waals surface area contributed by atoms with Crippen LogP contribution in [0.2, 0.25) is 0 Å². The Hall–Kier alpha value is -3.39. The third-order valence-electron chi connectivity index (χ3n) is 7.03. The van der Waals surface area contributed by atoms with Gasteiger partial charge in [-0.25, -0.2) is 14.8 Å². The van der Waals surface area contributed by atoms with E-state index in [1.807, 2.05) is 21.3 Å². The molecule has 13 heteroatoms. The van der Waals surface area contributed by atoms with Gasteiger partial charge in [0.2, 0.25) is 5.95 Å². The van der Waals surface area contributed by atoms with Crippen LogP contribution in [0.15, 0.2) is 23.8 Å². The minimum absolute atomic E-state index is 0.0345. The van der Waals surface area contributed by atoms with Gasteiger partial charge in [0.1, 0.15) is 5.52 Å². The monoisotopic (exact) mass is 568 g/mol. The van der Waals surface area contributed by atoms with Gasteiger partial charge in [-0.05, 0) is 24.8 Å². The molecule has 3 aromatic heterocycles. The molecule has 0 radical (unpaired) electrons. The molecule has 214 valence electrons. The van der Waals surface area contributed by atoms with E-state index in [4.69, 9.17) is 14.6 Å². The Morgan fingerprint density at radius 1 is 1.23 bits per heavy atom. The molecule has 1 aromatic carbocycles. The predicted octanol–water partition coefficient (Wildman–Crippen LogP) is 3.53. The van der Waals surface area contributed by atoms with Crippen molar-refractivity contribution in [3.8, 4) is 0 Å². The number of fused-ring (bicyclic) bond motifs is 2. The largest absolute Gasteiger partial charge is 0.453 e. The number of ether oxygens (including phenoxy) is 2. The second-order valence-electron chi connectivity index (χ2n) is 9.79. The van der Waals surface area contributed by atoms with Crippen molar-refractivity contribution in [2.45, 2.75) is 51.7 Å². The lowest BCUT2D eigenvalue weighted by molar-refractivity contribution is 0.0776. The molecule has 0 spiro atoms. The molecule has 4 aromatic rings. The second kappa shape index (κ2) is 13.3. The number of thiazole rings is 1. The number of aliphatic hydroxyl groups is 1. The van der Waals surface area contributed by atoms with Crippen molar-refractivity contribution < 1.29 is 19.4 Å². The molecule has 0 unspecified atom stereocenters. The Balaban J connectivity index is 1.44. The number of benzene rings is 1. The first kappa shape index (κ1) is 28.1. The van der Waals surface area contributed by atoms with E-state index in [9.17, 15) is 9.90 Å². The number of rotatable bonds is 12. The third kappa shape index (κ3) is 6.49. The van der Waals surface area contributed by atoms with E-state index in [0.29, 0.717) is 42.5 Å². The highest BCUT2D eigenvalue weighted by Gasteiger charge is 2.20. The summed E-state index contributed by atoms with van der Waals surface area (Å²) in [5, 5.41) is 20.8. The van der Waals surface area contributed by atoms with Crippen LogP contribution >= 0.6 is 11.3 Å². The fraction of sp³-hybridized carbons (Fsp3) is 0.519. The number of aromatic nitrogens is 5. The maximum Gasteiger partial charge on any atom is 0.413 e. The molecule has 1 amide bonds. The van der Waals surface area contributed by atoms with Crippen LogP contribution in [0.5, 0.6) is 0 Å². The van der Waals surface area contributed by atoms with Crippen LogP contribution in [0.1, 0.15) is 43.7 Å². The van der Waals surface area contributed by atoms with Gasteiger partial charge >= 0.3 is 6.09 Å². The zero-order valence-electron chi connectivity index (χ0n) is 22.9. The molecule has 1 aliphatic heterocycles. The molecule has 0 aliphatic carbocycles. The van der Waals surface area contributed by atoms with Gasteiger partial charge in [0.15, 0.2) is 11.3 Å². The molecule has 0 atom stereocenters. The van der Waals surface area contributed by atoms with Gasteiger partial charge in [0.05, 0.1) is 42.2 Å². The van der Waals surface area contributed by atoms with Gasteiger partial charge < -0.3 is 24.8 Å². The number of carbonyl (C=O) groups excluding carboxylic acids is 1. The summed E-state index contributed by atoms with van der Waals surface area (Å²) in [6.45, 7) is 6.07. The summed E-state index contributed by atoms with van der Waals surface area (Å²) in [6.07, 6.45) is 5.17. The van der Waals surface area contributed by atoms with Crippen LogP contribution in [-0.2, 0) is 22.6 Å². The highest BCUT2D eigenvalue weighted by molar-refractivity contribution is 7.17.